The highest BCUT2D eigenvalue weighted by Gasteiger charge is 2.31. The third kappa shape index (κ3) is 3.54. The van der Waals surface area contributed by atoms with E-state index in [0.717, 1.165) is 25.9 Å². The summed E-state index contributed by atoms with van der Waals surface area (Å²) < 4.78 is 0. The molecule has 1 aliphatic heterocycles. The van der Waals surface area contributed by atoms with Crippen LogP contribution >= 0.6 is 0 Å². The number of hydrogen-bond acceptors (Lipinski definition) is 2. The summed E-state index contributed by atoms with van der Waals surface area (Å²) in [5, 5.41) is 9.58. The summed E-state index contributed by atoms with van der Waals surface area (Å²) in [5.41, 5.74) is 5.33. The number of benzene rings is 2. The van der Waals surface area contributed by atoms with Gasteiger partial charge >= 0.3 is 0 Å². The van der Waals surface area contributed by atoms with Crippen LogP contribution in [0, 0.1) is 0 Å². The van der Waals surface area contributed by atoms with E-state index in [0.29, 0.717) is 6.04 Å². The molecule has 0 unspecified atom stereocenters. The summed E-state index contributed by atoms with van der Waals surface area (Å²) in [5.74, 6) is 0. The van der Waals surface area contributed by atoms with Crippen LogP contribution < -0.4 is 0 Å². The molecule has 3 rings (SSSR count). The van der Waals surface area contributed by atoms with E-state index in [1.54, 1.807) is 0 Å². The SMILES string of the molecule is CCCC(CO)=C1CN(C(c2ccccc2)c2ccccc2)C1. The standard InChI is InChI=1S/C21H25NO/c1-2-9-19(16-23)20-14-22(15-20)21(17-10-5-3-6-11-17)18-12-7-4-8-13-18/h3-8,10-13,21,23H,2,9,14-16H2,1H3. The number of nitrogens with zero attached hydrogens (tertiary/aromatic N) is 1. The summed E-state index contributed by atoms with van der Waals surface area (Å²) in [6.45, 7) is 4.30. The van der Waals surface area contributed by atoms with E-state index in [1.807, 2.05) is 0 Å². The average molecular weight is 307 g/mol. The van der Waals surface area contributed by atoms with Gasteiger partial charge in [-0.1, -0.05) is 74.0 Å². The first kappa shape index (κ1) is 16.0. The molecule has 0 aromatic heterocycles. The molecule has 120 valence electrons. The van der Waals surface area contributed by atoms with E-state index in [9.17, 15) is 5.11 Å². The Morgan fingerprint density at radius 3 is 1.91 bits per heavy atom. The first-order valence-electron chi connectivity index (χ1n) is 8.48. The molecule has 0 atom stereocenters. The Labute approximate surface area is 139 Å². The number of likely N-dealkylation sites (tertiary alicyclic amines) is 1. The lowest BCUT2D eigenvalue weighted by Crippen LogP contribution is -2.44. The first-order valence-corrected chi connectivity index (χ1v) is 8.48. The van der Waals surface area contributed by atoms with Gasteiger partial charge in [-0.2, -0.15) is 0 Å². The second kappa shape index (κ2) is 7.58. The van der Waals surface area contributed by atoms with Crippen LogP contribution in [0.25, 0.3) is 0 Å². The summed E-state index contributed by atoms with van der Waals surface area (Å²) in [4.78, 5) is 2.49. The minimum Gasteiger partial charge on any atom is -0.392 e. The van der Waals surface area contributed by atoms with Gasteiger partial charge in [-0.05, 0) is 28.7 Å². The Balaban J connectivity index is 1.85. The van der Waals surface area contributed by atoms with Crippen molar-refractivity contribution in [1.29, 1.82) is 0 Å². The molecule has 1 aliphatic rings. The smallest absolute Gasteiger partial charge is 0.0645 e. The van der Waals surface area contributed by atoms with Gasteiger partial charge in [-0.3, -0.25) is 4.90 Å². The van der Waals surface area contributed by atoms with Crippen molar-refractivity contribution in [2.24, 2.45) is 0 Å². The maximum absolute atomic E-state index is 9.58. The lowest BCUT2D eigenvalue weighted by Gasteiger charge is -2.42. The van der Waals surface area contributed by atoms with E-state index >= 15 is 0 Å². The van der Waals surface area contributed by atoms with Gasteiger partial charge in [0, 0.05) is 13.1 Å². The lowest BCUT2D eigenvalue weighted by molar-refractivity contribution is 0.195. The van der Waals surface area contributed by atoms with Crippen LogP contribution in [0.3, 0.4) is 0 Å². The van der Waals surface area contributed by atoms with E-state index in [1.165, 1.54) is 22.3 Å². The number of rotatable bonds is 6. The van der Waals surface area contributed by atoms with Gasteiger partial charge in [0.05, 0.1) is 12.6 Å². The Bertz CT molecular complexity index is 601. The molecule has 1 saturated heterocycles. The van der Waals surface area contributed by atoms with Crippen LogP contribution in [0.1, 0.15) is 36.9 Å². The molecule has 0 amide bonds. The van der Waals surface area contributed by atoms with Crippen molar-refractivity contribution >= 4 is 0 Å². The molecule has 2 nitrogen and oxygen atoms in total. The van der Waals surface area contributed by atoms with Crippen LogP contribution in [-0.2, 0) is 0 Å². The molecule has 1 N–H and O–H groups in total. The molecule has 0 aliphatic carbocycles. The van der Waals surface area contributed by atoms with Gasteiger partial charge in [0.1, 0.15) is 0 Å². The zero-order valence-electron chi connectivity index (χ0n) is 13.8. The zero-order chi connectivity index (χ0) is 16.1. The maximum Gasteiger partial charge on any atom is 0.0645 e. The highest BCUT2D eigenvalue weighted by molar-refractivity contribution is 5.35. The number of hydrogen-bond donors (Lipinski definition) is 1. The highest BCUT2D eigenvalue weighted by atomic mass is 16.3. The third-order valence-corrected chi connectivity index (χ3v) is 4.63. The van der Waals surface area contributed by atoms with E-state index in [4.69, 9.17) is 0 Å². The van der Waals surface area contributed by atoms with Crippen LogP contribution in [0.2, 0.25) is 0 Å². The minimum absolute atomic E-state index is 0.207. The van der Waals surface area contributed by atoms with Crippen molar-refractivity contribution in [3.63, 3.8) is 0 Å². The van der Waals surface area contributed by atoms with Crippen LogP contribution in [0.15, 0.2) is 71.8 Å². The second-order valence-corrected chi connectivity index (χ2v) is 6.24. The van der Waals surface area contributed by atoms with Gasteiger partial charge < -0.3 is 5.11 Å². The molecule has 0 spiro atoms. The average Bonchev–Trinajstić information content (AvgIpc) is 2.58. The molecule has 1 heterocycles. The maximum atomic E-state index is 9.58. The van der Waals surface area contributed by atoms with E-state index in [2.05, 4.69) is 72.5 Å². The molecule has 2 aromatic carbocycles. The van der Waals surface area contributed by atoms with Gasteiger partial charge in [0.25, 0.3) is 0 Å². The van der Waals surface area contributed by atoms with Gasteiger partial charge in [-0.25, -0.2) is 0 Å². The summed E-state index contributed by atoms with van der Waals surface area (Å²) >= 11 is 0. The molecule has 1 fully saturated rings. The molecule has 0 bridgehead atoms. The van der Waals surface area contributed by atoms with Crippen molar-refractivity contribution < 1.29 is 5.11 Å². The molecular formula is C21H25NO. The van der Waals surface area contributed by atoms with E-state index in [-0.39, 0.29) is 6.61 Å². The highest BCUT2D eigenvalue weighted by Crippen LogP contribution is 2.35. The predicted octanol–water partition coefficient (Wildman–Crippen LogP) is 4.18. The Kier molecular flexibility index (Phi) is 5.27. The summed E-state index contributed by atoms with van der Waals surface area (Å²) in [6.07, 6.45) is 2.11. The first-order chi connectivity index (χ1) is 11.3. The summed E-state index contributed by atoms with van der Waals surface area (Å²) in [6, 6.07) is 21.7. The molecule has 0 saturated carbocycles. The van der Waals surface area contributed by atoms with Crippen molar-refractivity contribution in [3.8, 4) is 0 Å². The third-order valence-electron chi connectivity index (χ3n) is 4.63. The number of aliphatic hydroxyl groups excluding tert-OH is 1. The Morgan fingerprint density at radius 2 is 1.48 bits per heavy atom. The van der Waals surface area contributed by atoms with Gasteiger partial charge in [0.15, 0.2) is 0 Å². The molecule has 2 heteroatoms. The monoisotopic (exact) mass is 307 g/mol. The minimum atomic E-state index is 0.207. The molecule has 0 radical (unpaired) electrons. The van der Waals surface area contributed by atoms with Crippen LogP contribution in [-0.4, -0.2) is 29.7 Å². The van der Waals surface area contributed by atoms with Crippen molar-refractivity contribution in [2.75, 3.05) is 19.7 Å². The van der Waals surface area contributed by atoms with Crippen molar-refractivity contribution in [3.05, 3.63) is 82.9 Å². The van der Waals surface area contributed by atoms with Crippen molar-refractivity contribution in [2.45, 2.75) is 25.8 Å². The predicted molar refractivity (Wildman–Crippen MR) is 95.3 cm³/mol. The fourth-order valence-corrected chi connectivity index (χ4v) is 3.40. The molecular weight excluding hydrogens is 282 g/mol. The van der Waals surface area contributed by atoms with Crippen LogP contribution in [0.5, 0.6) is 0 Å². The van der Waals surface area contributed by atoms with Gasteiger partial charge in [-0.15, -0.1) is 0 Å². The second-order valence-electron chi connectivity index (χ2n) is 6.24. The normalized spacial score (nSPS) is 14.8. The Hall–Kier alpha value is -1.90. The lowest BCUT2D eigenvalue weighted by atomic mass is 9.90. The molecule has 23 heavy (non-hydrogen) atoms. The summed E-state index contributed by atoms with van der Waals surface area (Å²) in [7, 11) is 0. The largest absolute Gasteiger partial charge is 0.392 e. The van der Waals surface area contributed by atoms with Gasteiger partial charge in [0.2, 0.25) is 0 Å². The quantitative estimate of drug-likeness (QED) is 0.809. The number of aliphatic hydroxyl groups is 1. The van der Waals surface area contributed by atoms with E-state index < -0.39 is 0 Å². The Morgan fingerprint density at radius 1 is 0.957 bits per heavy atom. The van der Waals surface area contributed by atoms with Crippen LogP contribution in [0.4, 0.5) is 0 Å². The zero-order valence-corrected chi connectivity index (χ0v) is 13.8. The fraction of sp³-hybridized carbons (Fsp3) is 0.333. The topological polar surface area (TPSA) is 23.5 Å². The molecule has 2 aromatic rings. The van der Waals surface area contributed by atoms with Crippen molar-refractivity contribution in [1.82, 2.24) is 4.90 Å². The fourth-order valence-electron chi connectivity index (χ4n) is 3.40.